The maximum absolute atomic E-state index is 13.4. The van der Waals surface area contributed by atoms with Crippen molar-refractivity contribution in [1.82, 2.24) is 14.5 Å². The van der Waals surface area contributed by atoms with E-state index in [0.717, 1.165) is 38.0 Å². The van der Waals surface area contributed by atoms with E-state index in [4.69, 9.17) is 0 Å². The lowest BCUT2D eigenvalue weighted by Crippen LogP contribution is -2.27. The van der Waals surface area contributed by atoms with Gasteiger partial charge < -0.3 is 9.47 Å². The molecule has 0 N–H and O–H groups in total. The highest BCUT2D eigenvalue weighted by molar-refractivity contribution is 5.86. The Bertz CT molecular complexity index is 897. The number of rotatable bonds is 3. The van der Waals surface area contributed by atoms with Crippen LogP contribution in [0.1, 0.15) is 22.4 Å². The van der Waals surface area contributed by atoms with Crippen LogP contribution in [0, 0.1) is 12.7 Å². The van der Waals surface area contributed by atoms with Gasteiger partial charge in [-0.15, -0.1) is 0 Å². The summed E-state index contributed by atoms with van der Waals surface area (Å²) in [5.41, 5.74) is 6.44. The quantitative estimate of drug-likeness (QED) is 0.732. The molecule has 2 aromatic heterocycles. The van der Waals surface area contributed by atoms with Crippen molar-refractivity contribution in [3.8, 4) is 0 Å². The van der Waals surface area contributed by atoms with E-state index in [2.05, 4.69) is 46.6 Å². The van der Waals surface area contributed by atoms with Crippen molar-refractivity contribution < 1.29 is 4.39 Å². The highest BCUT2D eigenvalue weighted by Gasteiger charge is 2.22. The maximum Gasteiger partial charge on any atom is 0.141 e. The van der Waals surface area contributed by atoms with Gasteiger partial charge in [0.05, 0.1) is 6.20 Å². The molecule has 0 radical (unpaired) electrons. The lowest BCUT2D eigenvalue weighted by Gasteiger charge is -2.24. The summed E-state index contributed by atoms with van der Waals surface area (Å²) in [6.45, 7) is 5.10. The molecule has 1 aliphatic rings. The van der Waals surface area contributed by atoms with E-state index in [1.165, 1.54) is 33.9 Å². The Kier molecular flexibility index (Phi) is 3.85. The molecule has 0 bridgehead atoms. The number of hydrogen-bond donors (Lipinski definition) is 0. The molecule has 0 aliphatic carbocycles. The van der Waals surface area contributed by atoms with E-state index in [9.17, 15) is 4.39 Å². The minimum Gasteiger partial charge on any atom is -0.344 e. The van der Waals surface area contributed by atoms with Gasteiger partial charge in [-0.3, -0.25) is 4.98 Å². The Morgan fingerprint density at radius 3 is 2.92 bits per heavy atom. The fraction of sp³-hybridized carbons (Fsp3) is 0.350. The zero-order chi connectivity index (χ0) is 16.7. The van der Waals surface area contributed by atoms with Crippen molar-refractivity contribution in [3.63, 3.8) is 0 Å². The van der Waals surface area contributed by atoms with Crippen LogP contribution in [0.4, 0.5) is 4.39 Å². The molecule has 0 spiro atoms. The summed E-state index contributed by atoms with van der Waals surface area (Å²) in [7, 11) is 2.18. The monoisotopic (exact) mass is 323 g/mol. The second-order valence-electron chi connectivity index (χ2n) is 6.85. The van der Waals surface area contributed by atoms with Gasteiger partial charge >= 0.3 is 0 Å². The molecule has 1 aliphatic heterocycles. The molecule has 124 valence electrons. The van der Waals surface area contributed by atoms with Crippen LogP contribution in [0.5, 0.6) is 0 Å². The van der Waals surface area contributed by atoms with E-state index < -0.39 is 0 Å². The minimum atomic E-state index is -0.260. The molecule has 0 saturated heterocycles. The van der Waals surface area contributed by atoms with Crippen molar-refractivity contribution in [3.05, 3.63) is 64.9 Å². The van der Waals surface area contributed by atoms with Crippen LogP contribution < -0.4 is 0 Å². The molecule has 3 aromatic rings. The Morgan fingerprint density at radius 2 is 2.08 bits per heavy atom. The number of benzene rings is 1. The minimum absolute atomic E-state index is 0.260. The zero-order valence-corrected chi connectivity index (χ0v) is 14.2. The van der Waals surface area contributed by atoms with Crippen LogP contribution in [-0.4, -0.2) is 28.0 Å². The predicted octanol–water partition coefficient (Wildman–Crippen LogP) is 3.71. The number of nitrogens with zero attached hydrogens (tertiary/aromatic N) is 3. The van der Waals surface area contributed by atoms with Crippen molar-refractivity contribution in [2.24, 2.45) is 0 Å². The third kappa shape index (κ3) is 2.71. The van der Waals surface area contributed by atoms with Gasteiger partial charge in [0.25, 0.3) is 0 Å². The van der Waals surface area contributed by atoms with Crippen molar-refractivity contribution in [2.75, 3.05) is 13.6 Å². The van der Waals surface area contributed by atoms with Gasteiger partial charge in [-0.2, -0.15) is 0 Å². The lowest BCUT2D eigenvalue weighted by atomic mass is 10.0. The zero-order valence-electron chi connectivity index (χ0n) is 14.2. The Balaban J connectivity index is 1.74. The third-order valence-corrected chi connectivity index (χ3v) is 4.99. The Hall–Kier alpha value is -2.20. The van der Waals surface area contributed by atoms with E-state index in [1.54, 1.807) is 12.3 Å². The standard InChI is InChI=1S/C20H22FN3/c1-14-3-4-19-17(9-14)18-13-23(2)7-6-20(18)24(19)8-5-15-10-16(21)12-22-11-15/h3-4,9-12H,5-8,13H2,1-2H3. The molecule has 4 heteroatoms. The number of pyridine rings is 1. The summed E-state index contributed by atoms with van der Waals surface area (Å²) in [5, 5.41) is 1.37. The lowest BCUT2D eigenvalue weighted by molar-refractivity contribution is 0.309. The molecular formula is C20H22FN3. The number of aromatic nitrogens is 2. The molecule has 24 heavy (non-hydrogen) atoms. The molecule has 1 aromatic carbocycles. The summed E-state index contributed by atoms with van der Waals surface area (Å²) < 4.78 is 15.8. The average Bonchev–Trinajstić information content (AvgIpc) is 2.85. The summed E-state index contributed by atoms with van der Waals surface area (Å²) in [4.78, 5) is 6.34. The molecule has 0 fully saturated rings. The number of likely N-dealkylation sites (N-methyl/N-ethyl adjacent to an activating group) is 1. The molecule has 3 heterocycles. The van der Waals surface area contributed by atoms with Crippen molar-refractivity contribution >= 4 is 10.9 Å². The summed E-state index contributed by atoms with van der Waals surface area (Å²) >= 11 is 0. The van der Waals surface area contributed by atoms with Gasteiger partial charge in [0.1, 0.15) is 5.82 Å². The SMILES string of the molecule is Cc1ccc2c(c1)c1c(n2CCc2cncc(F)c2)CCN(C)C1. The topological polar surface area (TPSA) is 21.1 Å². The van der Waals surface area contributed by atoms with Gasteiger partial charge in [-0.25, -0.2) is 4.39 Å². The average molecular weight is 323 g/mol. The van der Waals surface area contributed by atoms with Crippen LogP contribution in [-0.2, 0) is 25.9 Å². The highest BCUT2D eigenvalue weighted by Crippen LogP contribution is 2.31. The molecule has 0 saturated carbocycles. The first-order valence-electron chi connectivity index (χ1n) is 8.50. The first kappa shape index (κ1) is 15.3. The fourth-order valence-electron chi connectivity index (χ4n) is 3.79. The molecule has 3 nitrogen and oxygen atoms in total. The van der Waals surface area contributed by atoms with E-state index >= 15 is 0 Å². The molecule has 4 rings (SSSR count). The molecule has 0 atom stereocenters. The van der Waals surface area contributed by atoms with Crippen LogP contribution in [0.3, 0.4) is 0 Å². The smallest absolute Gasteiger partial charge is 0.141 e. The van der Waals surface area contributed by atoms with Crippen LogP contribution in [0.2, 0.25) is 0 Å². The largest absolute Gasteiger partial charge is 0.344 e. The Morgan fingerprint density at radius 1 is 1.21 bits per heavy atom. The first-order chi connectivity index (χ1) is 11.6. The first-order valence-corrected chi connectivity index (χ1v) is 8.50. The van der Waals surface area contributed by atoms with Crippen LogP contribution in [0.25, 0.3) is 10.9 Å². The van der Waals surface area contributed by atoms with Gasteiger partial charge in [0, 0.05) is 48.8 Å². The van der Waals surface area contributed by atoms with Crippen molar-refractivity contribution in [2.45, 2.75) is 32.9 Å². The molecular weight excluding hydrogens is 301 g/mol. The van der Waals surface area contributed by atoms with Gasteiger partial charge in [0.15, 0.2) is 0 Å². The number of fused-ring (bicyclic) bond motifs is 3. The predicted molar refractivity (Wildman–Crippen MR) is 94.6 cm³/mol. The molecule has 0 unspecified atom stereocenters. The van der Waals surface area contributed by atoms with E-state index in [-0.39, 0.29) is 5.82 Å². The number of aryl methyl sites for hydroxylation is 3. The summed E-state index contributed by atoms with van der Waals surface area (Å²) in [6.07, 6.45) is 4.89. The van der Waals surface area contributed by atoms with Crippen molar-refractivity contribution in [1.29, 1.82) is 0 Å². The van der Waals surface area contributed by atoms with Crippen LogP contribution in [0.15, 0.2) is 36.7 Å². The fourth-order valence-corrected chi connectivity index (χ4v) is 3.79. The molecule has 0 amide bonds. The summed E-state index contributed by atoms with van der Waals surface area (Å²) in [6, 6.07) is 8.29. The van der Waals surface area contributed by atoms with E-state index in [1.807, 2.05) is 0 Å². The van der Waals surface area contributed by atoms with Crippen LogP contribution >= 0.6 is 0 Å². The number of hydrogen-bond acceptors (Lipinski definition) is 2. The van der Waals surface area contributed by atoms with Gasteiger partial charge in [-0.05, 0) is 49.7 Å². The van der Waals surface area contributed by atoms with E-state index in [0.29, 0.717) is 0 Å². The number of halogens is 1. The van der Waals surface area contributed by atoms with Gasteiger partial charge in [0.2, 0.25) is 0 Å². The second-order valence-corrected chi connectivity index (χ2v) is 6.85. The van der Waals surface area contributed by atoms with Gasteiger partial charge in [-0.1, -0.05) is 11.6 Å². The normalized spacial score (nSPS) is 15.0. The Labute approximate surface area is 141 Å². The second kappa shape index (κ2) is 6.02. The third-order valence-electron chi connectivity index (χ3n) is 4.99. The maximum atomic E-state index is 13.4. The highest BCUT2D eigenvalue weighted by atomic mass is 19.1. The summed E-state index contributed by atoms with van der Waals surface area (Å²) in [5.74, 6) is -0.260.